The van der Waals surface area contributed by atoms with Crippen molar-refractivity contribution in [2.24, 2.45) is 0 Å². The molecule has 0 fully saturated rings. The van der Waals surface area contributed by atoms with Gasteiger partial charge in [0, 0.05) is 18.3 Å². The van der Waals surface area contributed by atoms with Crippen LogP contribution in [0.1, 0.15) is 43.8 Å². The Morgan fingerprint density at radius 1 is 1.03 bits per heavy atom. The Labute approximate surface area is 210 Å². The number of anilines is 1. The van der Waals surface area contributed by atoms with Gasteiger partial charge in [0.2, 0.25) is 0 Å². The quantitative estimate of drug-likeness (QED) is 0.290. The summed E-state index contributed by atoms with van der Waals surface area (Å²) in [6.07, 6.45) is 10.1. The highest BCUT2D eigenvalue weighted by atomic mass is 32.1. The van der Waals surface area contributed by atoms with Gasteiger partial charge in [0.05, 0.1) is 25.7 Å². The second kappa shape index (κ2) is 18.2. The molecule has 0 saturated carbocycles. The van der Waals surface area contributed by atoms with Crippen LogP contribution in [-0.4, -0.2) is 26.3 Å². The number of hydrogen-bond acceptors (Lipinski definition) is 5. The molecule has 4 nitrogen and oxygen atoms in total. The van der Waals surface area contributed by atoms with E-state index in [9.17, 15) is 0 Å². The van der Waals surface area contributed by atoms with Gasteiger partial charge in [0.1, 0.15) is 5.76 Å². The smallest absolute Gasteiger partial charge is 0.183 e. The van der Waals surface area contributed by atoms with E-state index in [2.05, 4.69) is 54.3 Å². The van der Waals surface area contributed by atoms with Crippen LogP contribution in [0, 0.1) is 0 Å². The molecule has 0 atom stereocenters. The van der Waals surface area contributed by atoms with E-state index in [1.165, 1.54) is 16.0 Å². The normalized spacial score (nSPS) is 10.4. The summed E-state index contributed by atoms with van der Waals surface area (Å²) in [5.74, 6) is 1.76. The van der Waals surface area contributed by atoms with Gasteiger partial charge in [-0.2, -0.15) is 0 Å². The summed E-state index contributed by atoms with van der Waals surface area (Å²) < 4.78 is 9.71. The van der Waals surface area contributed by atoms with Crippen LogP contribution in [0.4, 0.5) is 5.13 Å². The first kappa shape index (κ1) is 30.7. The fourth-order valence-electron chi connectivity index (χ4n) is 2.29. The zero-order valence-corrected chi connectivity index (χ0v) is 22.6. The first-order valence-electron chi connectivity index (χ1n) is 11.0. The Bertz CT molecular complexity index is 979. The topological polar surface area (TPSA) is 43.4 Å². The first-order chi connectivity index (χ1) is 16.3. The zero-order valence-electron chi connectivity index (χ0n) is 21.8. The number of ether oxygens (including phenoxy) is 2. The van der Waals surface area contributed by atoms with E-state index in [4.69, 9.17) is 9.47 Å². The van der Waals surface area contributed by atoms with Crippen LogP contribution >= 0.6 is 11.3 Å². The van der Waals surface area contributed by atoms with Crippen LogP contribution < -0.4 is 5.32 Å². The molecule has 1 aromatic carbocycles. The molecule has 0 amide bonds. The van der Waals surface area contributed by atoms with E-state index in [1.807, 2.05) is 59.0 Å². The summed E-state index contributed by atoms with van der Waals surface area (Å²) in [4.78, 5) is 5.75. The third kappa shape index (κ3) is 12.7. The predicted molar refractivity (Wildman–Crippen MR) is 151 cm³/mol. The number of thiazole rings is 1. The highest BCUT2D eigenvalue weighted by Gasteiger charge is 2.12. The van der Waals surface area contributed by atoms with Crippen molar-refractivity contribution in [1.82, 2.24) is 4.98 Å². The summed E-state index contributed by atoms with van der Waals surface area (Å²) in [6, 6.07) is 10.4. The Hall–Kier alpha value is -3.31. The van der Waals surface area contributed by atoms with Crippen LogP contribution in [0.25, 0.3) is 5.57 Å². The van der Waals surface area contributed by atoms with Crippen molar-refractivity contribution in [1.29, 1.82) is 0 Å². The van der Waals surface area contributed by atoms with Crippen LogP contribution in [0.15, 0.2) is 97.5 Å². The van der Waals surface area contributed by atoms with Crippen molar-refractivity contribution in [3.8, 4) is 0 Å². The molecule has 0 spiro atoms. The van der Waals surface area contributed by atoms with Crippen LogP contribution in [0.2, 0.25) is 0 Å². The molecule has 0 aliphatic carbocycles. The molecule has 0 aliphatic rings. The van der Waals surface area contributed by atoms with E-state index in [-0.39, 0.29) is 0 Å². The van der Waals surface area contributed by atoms with Crippen molar-refractivity contribution >= 4 is 22.0 Å². The molecule has 0 aliphatic heterocycles. The van der Waals surface area contributed by atoms with E-state index in [0.717, 1.165) is 34.3 Å². The van der Waals surface area contributed by atoms with Gasteiger partial charge in [-0.05, 0) is 51.0 Å². The molecule has 0 saturated heterocycles. The van der Waals surface area contributed by atoms with E-state index >= 15 is 0 Å². The minimum absolute atomic E-state index is 0.793. The van der Waals surface area contributed by atoms with E-state index in [0.29, 0.717) is 0 Å². The van der Waals surface area contributed by atoms with Crippen molar-refractivity contribution in [3.63, 3.8) is 0 Å². The summed E-state index contributed by atoms with van der Waals surface area (Å²) in [7, 11) is 5.17. The lowest BCUT2D eigenvalue weighted by molar-refractivity contribution is 0.293. The molecule has 1 N–H and O–H groups in total. The molecule has 2 rings (SSSR count). The SMILES string of the molecule is C/C=C(\C)OC.C=C/C(=C\C=C(C)C)OC.C=CC(=C)c1nc(NC)sc1Cc1ccccc1. The van der Waals surface area contributed by atoms with Gasteiger partial charge < -0.3 is 14.8 Å². The van der Waals surface area contributed by atoms with Gasteiger partial charge in [0.15, 0.2) is 5.13 Å². The molecule has 34 heavy (non-hydrogen) atoms. The fourth-order valence-corrected chi connectivity index (χ4v) is 3.28. The third-order valence-electron chi connectivity index (χ3n) is 4.42. The lowest BCUT2D eigenvalue weighted by Gasteiger charge is -2.01. The Morgan fingerprint density at radius 3 is 2.09 bits per heavy atom. The summed E-state index contributed by atoms with van der Waals surface area (Å²) in [6.45, 7) is 19.3. The molecular weight excluding hydrogens is 440 g/mol. The first-order valence-corrected chi connectivity index (χ1v) is 11.8. The standard InChI is InChI=1S/C15H16N2S.C9H14O.C5H10O/c1-4-11(2)14-13(18-15(16-3)17-14)10-12-8-6-5-7-9-12;1-5-9(10-4)7-6-8(2)3;1-4-5(2)6-3/h4-9H,1-2,10H2,3H3,(H,16,17);5-7H,1H2,2-4H3;4H,1-3H3/b;9-7+;5-4+. The second-order valence-corrected chi connectivity index (χ2v) is 8.34. The molecule has 2 aromatic rings. The highest BCUT2D eigenvalue weighted by molar-refractivity contribution is 7.15. The summed E-state index contributed by atoms with van der Waals surface area (Å²) in [5.41, 5.74) is 4.35. The number of nitrogens with one attached hydrogen (secondary N) is 1. The predicted octanol–water partition coefficient (Wildman–Crippen LogP) is 8.20. The molecule has 184 valence electrons. The largest absolute Gasteiger partial charge is 0.502 e. The van der Waals surface area contributed by atoms with Gasteiger partial charge in [-0.1, -0.05) is 73.9 Å². The lowest BCUT2D eigenvalue weighted by atomic mass is 10.1. The molecule has 0 bridgehead atoms. The Morgan fingerprint density at radius 2 is 1.68 bits per heavy atom. The zero-order chi connectivity index (χ0) is 25.9. The average molecular weight is 481 g/mol. The molecule has 1 aromatic heterocycles. The molecule has 0 unspecified atom stereocenters. The minimum Gasteiger partial charge on any atom is -0.502 e. The van der Waals surface area contributed by atoms with Crippen molar-refractivity contribution in [2.45, 2.75) is 34.1 Å². The minimum atomic E-state index is 0.793. The number of nitrogens with zero attached hydrogens (tertiary/aromatic N) is 1. The van der Waals surface area contributed by atoms with Crippen molar-refractivity contribution in [2.75, 3.05) is 26.6 Å². The maximum absolute atomic E-state index is 4.95. The lowest BCUT2D eigenvalue weighted by Crippen LogP contribution is -1.91. The number of hydrogen-bond donors (Lipinski definition) is 1. The average Bonchev–Trinajstić information content (AvgIpc) is 3.27. The van der Waals surface area contributed by atoms with Crippen molar-refractivity contribution in [3.05, 3.63) is 114 Å². The maximum atomic E-state index is 4.95. The highest BCUT2D eigenvalue weighted by Crippen LogP contribution is 2.29. The fraction of sp³-hybridized carbons (Fsp3) is 0.276. The summed E-state index contributed by atoms with van der Waals surface area (Å²) in [5, 5.41) is 4.00. The number of allylic oxidation sites excluding steroid dienone is 8. The molecule has 5 heteroatoms. The monoisotopic (exact) mass is 480 g/mol. The second-order valence-electron chi connectivity index (χ2n) is 7.26. The van der Waals surface area contributed by atoms with Crippen LogP contribution in [-0.2, 0) is 15.9 Å². The number of aromatic nitrogens is 1. The number of rotatable bonds is 9. The van der Waals surface area contributed by atoms with Crippen molar-refractivity contribution < 1.29 is 9.47 Å². The van der Waals surface area contributed by atoms with Gasteiger partial charge >= 0.3 is 0 Å². The van der Waals surface area contributed by atoms with E-state index < -0.39 is 0 Å². The summed E-state index contributed by atoms with van der Waals surface area (Å²) >= 11 is 1.67. The van der Waals surface area contributed by atoms with Gasteiger partial charge in [0.25, 0.3) is 0 Å². The van der Waals surface area contributed by atoms with Crippen LogP contribution in [0.3, 0.4) is 0 Å². The number of methoxy groups -OCH3 is 2. The number of benzene rings is 1. The van der Waals surface area contributed by atoms with Gasteiger partial charge in [-0.3, -0.25) is 0 Å². The molecular formula is C29H40N2O2S. The van der Waals surface area contributed by atoms with Crippen LogP contribution in [0.5, 0.6) is 0 Å². The van der Waals surface area contributed by atoms with E-state index in [1.54, 1.807) is 37.7 Å². The Balaban J connectivity index is 0.000000575. The van der Waals surface area contributed by atoms with Gasteiger partial charge in [-0.15, -0.1) is 11.3 Å². The van der Waals surface area contributed by atoms with Gasteiger partial charge in [-0.25, -0.2) is 4.98 Å². The maximum Gasteiger partial charge on any atom is 0.183 e. The Kier molecular flexibility index (Phi) is 16.4. The third-order valence-corrected chi connectivity index (χ3v) is 5.49. The molecule has 1 heterocycles. The molecule has 0 radical (unpaired) electrons.